The molecule has 0 aliphatic rings. The van der Waals surface area contributed by atoms with Crippen LogP contribution < -0.4 is 20.5 Å². The van der Waals surface area contributed by atoms with Gasteiger partial charge in [0, 0.05) is 5.56 Å². The summed E-state index contributed by atoms with van der Waals surface area (Å²) in [5, 5.41) is 2.29. The number of benzene rings is 2. The van der Waals surface area contributed by atoms with Crippen LogP contribution in [0.2, 0.25) is 0 Å². The summed E-state index contributed by atoms with van der Waals surface area (Å²) in [5.74, 6) is 0.630. The van der Waals surface area contributed by atoms with Crippen LogP contribution in [0.15, 0.2) is 48.5 Å². The molecule has 0 saturated heterocycles. The van der Waals surface area contributed by atoms with Crippen molar-refractivity contribution in [3.8, 4) is 11.5 Å². The predicted octanol–water partition coefficient (Wildman–Crippen LogP) is 2.25. The number of hydrogen-bond donors (Lipinski definition) is 2. The lowest BCUT2D eigenvalue weighted by Crippen LogP contribution is -2.34. The first-order valence-electron chi connectivity index (χ1n) is 6.55. The van der Waals surface area contributed by atoms with Crippen molar-refractivity contribution in [3.05, 3.63) is 59.7 Å². The van der Waals surface area contributed by atoms with Gasteiger partial charge in [0.05, 0.1) is 7.11 Å². The molecule has 0 aromatic heterocycles. The van der Waals surface area contributed by atoms with Crippen molar-refractivity contribution in [1.82, 2.24) is 5.32 Å². The number of nitrogens with one attached hydrogen (secondary N) is 1. The molecule has 2 rings (SSSR count). The van der Waals surface area contributed by atoms with Gasteiger partial charge in [-0.15, -0.1) is 0 Å². The lowest BCUT2D eigenvalue weighted by atomic mass is 10.2. The second-order valence-electron chi connectivity index (χ2n) is 4.46. The maximum atomic E-state index is 11.8. The summed E-state index contributed by atoms with van der Waals surface area (Å²) in [6.45, 7) is 0.412. The average molecular weight is 316 g/mol. The fraction of sp³-hybridized carbons (Fsp3) is 0.125. The Balaban J connectivity index is 2.12. The van der Waals surface area contributed by atoms with Crippen molar-refractivity contribution in [2.24, 2.45) is 5.73 Å². The van der Waals surface area contributed by atoms with E-state index in [4.69, 9.17) is 15.2 Å². The highest BCUT2D eigenvalue weighted by Gasteiger charge is 2.11. The largest absolute Gasteiger partial charge is 0.493 e. The van der Waals surface area contributed by atoms with Crippen LogP contribution in [0.3, 0.4) is 0 Å². The van der Waals surface area contributed by atoms with E-state index >= 15 is 0 Å². The lowest BCUT2D eigenvalue weighted by Gasteiger charge is -2.12. The molecule has 5 nitrogen and oxygen atoms in total. The molecule has 0 heterocycles. The van der Waals surface area contributed by atoms with E-state index in [-0.39, 0.29) is 11.0 Å². The van der Waals surface area contributed by atoms with Crippen molar-refractivity contribution in [1.29, 1.82) is 0 Å². The number of hydrogen-bond acceptors (Lipinski definition) is 4. The minimum atomic E-state index is -0.389. The molecule has 0 spiro atoms. The van der Waals surface area contributed by atoms with Gasteiger partial charge in [0.2, 0.25) is 0 Å². The second kappa shape index (κ2) is 7.42. The van der Waals surface area contributed by atoms with Crippen LogP contribution in [0.4, 0.5) is 0 Å². The number of methoxy groups -OCH3 is 1. The predicted molar refractivity (Wildman–Crippen MR) is 88.0 cm³/mol. The maximum absolute atomic E-state index is 11.8. The van der Waals surface area contributed by atoms with E-state index in [1.54, 1.807) is 18.2 Å². The molecule has 0 saturated carbocycles. The average Bonchev–Trinajstić information content (AvgIpc) is 2.53. The van der Waals surface area contributed by atoms with Crippen LogP contribution in [0.1, 0.15) is 15.9 Å². The highest BCUT2D eigenvalue weighted by molar-refractivity contribution is 7.80. The molecular formula is C16H16N2O3S. The summed E-state index contributed by atoms with van der Waals surface area (Å²) in [4.78, 5) is 11.8. The Morgan fingerprint density at radius 3 is 2.55 bits per heavy atom. The first-order chi connectivity index (χ1) is 10.6. The molecule has 3 N–H and O–H groups in total. The van der Waals surface area contributed by atoms with E-state index in [9.17, 15) is 4.79 Å². The molecule has 6 heteroatoms. The molecule has 1 amide bonds. The fourth-order valence-corrected chi connectivity index (χ4v) is 1.94. The van der Waals surface area contributed by atoms with Gasteiger partial charge >= 0.3 is 0 Å². The quantitative estimate of drug-likeness (QED) is 0.828. The summed E-state index contributed by atoms with van der Waals surface area (Å²) >= 11 is 4.64. The summed E-state index contributed by atoms with van der Waals surface area (Å²) < 4.78 is 11.0. The Morgan fingerprint density at radius 1 is 1.18 bits per heavy atom. The Hall–Kier alpha value is -2.60. The highest BCUT2D eigenvalue weighted by Crippen LogP contribution is 2.28. The molecular weight excluding hydrogens is 300 g/mol. The SMILES string of the molecule is COc1cc(C(=O)NC(N)=S)ccc1OCc1ccccc1. The van der Waals surface area contributed by atoms with E-state index in [1.807, 2.05) is 30.3 Å². The van der Waals surface area contributed by atoms with Crippen molar-refractivity contribution < 1.29 is 14.3 Å². The van der Waals surface area contributed by atoms with Gasteiger partial charge < -0.3 is 15.2 Å². The van der Waals surface area contributed by atoms with Gasteiger partial charge in [-0.2, -0.15) is 0 Å². The molecule has 0 aliphatic heterocycles. The Labute approximate surface area is 134 Å². The minimum absolute atomic E-state index is 0.0756. The molecule has 0 aliphatic carbocycles. The van der Waals surface area contributed by atoms with Crippen LogP contribution >= 0.6 is 12.2 Å². The van der Waals surface area contributed by atoms with Crippen molar-refractivity contribution in [2.45, 2.75) is 6.61 Å². The third-order valence-electron chi connectivity index (χ3n) is 2.90. The van der Waals surface area contributed by atoms with Gasteiger partial charge in [-0.1, -0.05) is 30.3 Å². The first-order valence-corrected chi connectivity index (χ1v) is 6.96. The van der Waals surface area contributed by atoms with Gasteiger partial charge in [-0.25, -0.2) is 0 Å². The summed E-state index contributed by atoms with van der Waals surface area (Å²) in [6, 6.07) is 14.6. The van der Waals surface area contributed by atoms with Gasteiger partial charge in [0.15, 0.2) is 16.6 Å². The summed E-state index contributed by atoms with van der Waals surface area (Å²) in [5.41, 5.74) is 6.71. The Kier molecular flexibility index (Phi) is 5.32. The van der Waals surface area contributed by atoms with Gasteiger partial charge in [0.1, 0.15) is 6.61 Å². The summed E-state index contributed by atoms with van der Waals surface area (Å²) in [7, 11) is 1.51. The lowest BCUT2D eigenvalue weighted by molar-refractivity contribution is 0.0977. The third-order valence-corrected chi connectivity index (χ3v) is 3.00. The van der Waals surface area contributed by atoms with Crippen LogP contribution in [0.25, 0.3) is 0 Å². The standard InChI is InChI=1S/C16H16N2O3S/c1-20-14-9-12(15(19)18-16(17)22)7-8-13(14)21-10-11-5-3-2-4-6-11/h2-9H,10H2,1H3,(H3,17,18,19,22). The van der Waals surface area contributed by atoms with Crippen LogP contribution in [0, 0.1) is 0 Å². The van der Waals surface area contributed by atoms with Crippen LogP contribution in [-0.4, -0.2) is 18.1 Å². The minimum Gasteiger partial charge on any atom is -0.493 e. The molecule has 114 valence electrons. The fourth-order valence-electron chi connectivity index (χ4n) is 1.85. The zero-order chi connectivity index (χ0) is 15.9. The van der Waals surface area contributed by atoms with Crippen molar-refractivity contribution in [3.63, 3.8) is 0 Å². The smallest absolute Gasteiger partial charge is 0.257 e. The molecule has 2 aromatic rings. The van der Waals surface area contributed by atoms with E-state index in [1.165, 1.54) is 7.11 Å². The van der Waals surface area contributed by atoms with Crippen molar-refractivity contribution in [2.75, 3.05) is 7.11 Å². The molecule has 0 unspecified atom stereocenters. The second-order valence-corrected chi connectivity index (χ2v) is 4.90. The molecule has 0 bridgehead atoms. The highest BCUT2D eigenvalue weighted by atomic mass is 32.1. The van der Waals surface area contributed by atoms with Gasteiger partial charge in [0.25, 0.3) is 5.91 Å². The van der Waals surface area contributed by atoms with Gasteiger partial charge in [-0.05, 0) is 36.0 Å². The van der Waals surface area contributed by atoms with Gasteiger partial charge in [-0.3, -0.25) is 10.1 Å². The number of nitrogens with two attached hydrogens (primary N) is 1. The Bertz CT molecular complexity index is 674. The number of carbonyl (C=O) groups excluding carboxylic acids is 1. The molecule has 0 radical (unpaired) electrons. The zero-order valence-corrected chi connectivity index (χ0v) is 12.9. The summed E-state index contributed by atoms with van der Waals surface area (Å²) in [6.07, 6.45) is 0. The number of amides is 1. The van der Waals surface area contributed by atoms with Crippen LogP contribution in [-0.2, 0) is 6.61 Å². The molecule has 22 heavy (non-hydrogen) atoms. The van der Waals surface area contributed by atoms with Crippen molar-refractivity contribution >= 4 is 23.2 Å². The van der Waals surface area contributed by atoms with E-state index in [2.05, 4.69) is 17.5 Å². The zero-order valence-electron chi connectivity index (χ0n) is 12.0. The number of thiocarbonyl (C=S) groups is 1. The number of carbonyl (C=O) groups is 1. The maximum Gasteiger partial charge on any atom is 0.257 e. The molecule has 0 atom stereocenters. The van der Waals surface area contributed by atoms with E-state index in [0.717, 1.165) is 5.56 Å². The first kappa shape index (κ1) is 15.8. The molecule has 0 fully saturated rings. The topological polar surface area (TPSA) is 73.6 Å². The third kappa shape index (κ3) is 4.20. The van der Waals surface area contributed by atoms with Crippen LogP contribution in [0.5, 0.6) is 11.5 Å². The number of ether oxygens (including phenoxy) is 2. The monoisotopic (exact) mass is 316 g/mol. The van der Waals surface area contributed by atoms with E-state index < -0.39 is 0 Å². The van der Waals surface area contributed by atoms with E-state index in [0.29, 0.717) is 23.7 Å². The number of rotatable bonds is 5. The molecule has 2 aromatic carbocycles. The Morgan fingerprint density at radius 2 is 1.91 bits per heavy atom. The normalized spacial score (nSPS) is 9.86.